The summed E-state index contributed by atoms with van der Waals surface area (Å²) >= 11 is 11.5. The van der Waals surface area contributed by atoms with Crippen molar-refractivity contribution in [3.63, 3.8) is 0 Å². The summed E-state index contributed by atoms with van der Waals surface area (Å²) in [4.78, 5) is 10.7. The zero-order valence-electron chi connectivity index (χ0n) is 7.50. The van der Waals surface area contributed by atoms with Crippen molar-refractivity contribution < 1.29 is 10.0 Å². The smallest absolute Gasteiger partial charge is 0.243 e. The van der Waals surface area contributed by atoms with E-state index in [9.17, 15) is 4.79 Å². The van der Waals surface area contributed by atoms with Crippen LogP contribution in [0.4, 0.5) is 0 Å². The van der Waals surface area contributed by atoms with Gasteiger partial charge in [0.2, 0.25) is 5.91 Å². The molecule has 0 bridgehead atoms. The maximum atomic E-state index is 10.7. The molecule has 0 aliphatic heterocycles. The third kappa shape index (κ3) is 3.18. The molecule has 0 saturated heterocycles. The number of nitrogens with zero attached hydrogens (tertiary/aromatic N) is 1. The Morgan fingerprint density at radius 1 is 1.36 bits per heavy atom. The number of hydrogen-bond acceptors (Lipinski definition) is 2. The fourth-order valence-electron chi connectivity index (χ4n) is 0.987. The predicted octanol–water partition coefficient (Wildman–Crippen LogP) is 2.73. The van der Waals surface area contributed by atoms with Crippen LogP contribution in [0.1, 0.15) is 12.5 Å². The highest BCUT2D eigenvalue weighted by Gasteiger charge is 2.06. The fraction of sp³-hybridized carbons (Fsp3) is 0.222. The van der Waals surface area contributed by atoms with Gasteiger partial charge in [-0.05, 0) is 23.8 Å². The van der Waals surface area contributed by atoms with Gasteiger partial charge in [0.1, 0.15) is 0 Å². The van der Waals surface area contributed by atoms with Crippen LogP contribution in [-0.4, -0.2) is 16.2 Å². The van der Waals surface area contributed by atoms with Crippen molar-refractivity contribution in [3.05, 3.63) is 33.8 Å². The molecule has 0 fully saturated rings. The van der Waals surface area contributed by atoms with Crippen molar-refractivity contribution in [1.82, 2.24) is 5.06 Å². The molecule has 0 radical (unpaired) electrons. The van der Waals surface area contributed by atoms with Crippen LogP contribution in [0.15, 0.2) is 18.2 Å². The second-order valence-electron chi connectivity index (χ2n) is 2.85. The van der Waals surface area contributed by atoms with E-state index in [0.29, 0.717) is 20.7 Å². The number of rotatable bonds is 2. The first-order valence-corrected chi connectivity index (χ1v) is 4.66. The van der Waals surface area contributed by atoms with Gasteiger partial charge in [-0.1, -0.05) is 23.2 Å². The lowest BCUT2D eigenvalue weighted by atomic mass is 10.2. The number of carbonyl (C=O) groups is 1. The van der Waals surface area contributed by atoms with Crippen LogP contribution in [0, 0.1) is 0 Å². The summed E-state index contributed by atoms with van der Waals surface area (Å²) < 4.78 is 0. The van der Waals surface area contributed by atoms with Crippen LogP contribution in [-0.2, 0) is 11.3 Å². The Morgan fingerprint density at radius 2 is 1.86 bits per heavy atom. The Balaban J connectivity index is 2.81. The molecule has 0 atom stereocenters. The molecule has 1 rings (SSSR count). The third-order valence-corrected chi connectivity index (χ3v) is 2.05. The molecule has 5 heteroatoms. The summed E-state index contributed by atoms with van der Waals surface area (Å²) in [6.45, 7) is 1.35. The van der Waals surface area contributed by atoms with Crippen LogP contribution < -0.4 is 0 Å². The third-order valence-electron chi connectivity index (χ3n) is 1.62. The molecule has 1 aromatic carbocycles. The quantitative estimate of drug-likeness (QED) is 0.631. The summed E-state index contributed by atoms with van der Waals surface area (Å²) in [6, 6.07) is 4.86. The molecular weight excluding hydrogens is 225 g/mol. The maximum absolute atomic E-state index is 10.7. The van der Waals surface area contributed by atoms with Gasteiger partial charge in [-0.2, -0.15) is 0 Å². The van der Waals surface area contributed by atoms with Crippen molar-refractivity contribution >= 4 is 29.1 Å². The van der Waals surface area contributed by atoms with Crippen molar-refractivity contribution in [2.75, 3.05) is 0 Å². The van der Waals surface area contributed by atoms with Gasteiger partial charge in [0.15, 0.2) is 0 Å². The zero-order valence-corrected chi connectivity index (χ0v) is 9.01. The Bertz CT molecular complexity index is 334. The minimum Gasteiger partial charge on any atom is -0.286 e. The average Bonchev–Trinajstić information content (AvgIpc) is 2.01. The van der Waals surface area contributed by atoms with E-state index < -0.39 is 5.91 Å². The minimum absolute atomic E-state index is 0.0790. The standard InChI is InChI=1S/C9H9Cl2NO2/c1-6(13)12(14)5-7-2-8(10)4-9(11)3-7/h2-4,14H,5H2,1H3. The van der Waals surface area contributed by atoms with Gasteiger partial charge in [0.05, 0.1) is 6.54 Å². The summed E-state index contributed by atoms with van der Waals surface area (Å²) in [7, 11) is 0. The highest BCUT2D eigenvalue weighted by atomic mass is 35.5. The fourth-order valence-corrected chi connectivity index (χ4v) is 1.56. The van der Waals surface area contributed by atoms with E-state index >= 15 is 0 Å². The highest BCUT2D eigenvalue weighted by molar-refractivity contribution is 6.34. The Labute approximate surface area is 91.8 Å². The molecule has 0 aromatic heterocycles. The first-order chi connectivity index (χ1) is 6.49. The van der Waals surface area contributed by atoms with E-state index in [0.717, 1.165) is 0 Å². The van der Waals surface area contributed by atoms with Crippen molar-refractivity contribution in [1.29, 1.82) is 0 Å². The lowest BCUT2D eigenvalue weighted by Gasteiger charge is -2.12. The number of amides is 1. The Morgan fingerprint density at radius 3 is 2.29 bits per heavy atom. The SMILES string of the molecule is CC(=O)N(O)Cc1cc(Cl)cc(Cl)c1. The average molecular weight is 234 g/mol. The normalized spacial score (nSPS) is 10.0. The number of hydrogen-bond donors (Lipinski definition) is 1. The molecular formula is C9H9Cl2NO2. The molecule has 1 N–H and O–H groups in total. The first kappa shape index (κ1) is 11.3. The van der Waals surface area contributed by atoms with Crippen LogP contribution in [0.5, 0.6) is 0 Å². The van der Waals surface area contributed by atoms with E-state index in [2.05, 4.69) is 0 Å². The zero-order chi connectivity index (χ0) is 10.7. The van der Waals surface area contributed by atoms with Gasteiger partial charge < -0.3 is 0 Å². The van der Waals surface area contributed by atoms with E-state index in [4.69, 9.17) is 28.4 Å². The number of halogens is 2. The van der Waals surface area contributed by atoms with Gasteiger partial charge in [-0.15, -0.1) is 0 Å². The second-order valence-corrected chi connectivity index (χ2v) is 3.73. The van der Waals surface area contributed by atoms with E-state index in [1.807, 2.05) is 0 Å². The molecule has 14 heavy (non-hydrogen) atoms. The summed E-state index contributed by atoms with van der Waals surface area (Å²) in [5, 5.41) is 10.7. The number of benzene rings is 1. The van der Waals surface area contributed by atoms with Gasteiger partial charge in [-0.3, -0.25) is 10.0 Å². The molecule has 0 spiro atoms. The molecule has 0 aliphatic carbocycles. The Kier molecular flexibility index (Phi) is 3.75. The van der Waals surface area contributed by atoms with E-state index in [-0.39, 0.29) is 6.54 Å². The topological polar surface area (TPSA) is 40.5 Å². The summed E-state index contributed by atoms with van der Waals surface area (Å²) in [5.74, 6) is -0.430. The van der Waals surface area contributed by atoms with Crippen molar-refractivity contribution in [2.24, 2.45) is 0 Å². The van der Waals surface area contributed by atoms with Gasteiger partial charge in [-0.25, -0.2) is 5.06 Å². The van der Waals surface area contributed by atoms with Crippen LogP contribution >= 0.6 is 23.2 Å². The van der Waals surface area contributed by atoms with Crippen molar-refractivity contribution in [2.45, 2.75) is 13.5 Å². The maximum Gasteiger partial charge on any atom is 0.243 e. The van der Waals surface area contributed by atoms with Crippen LogP contribution in [0.3, 0.4) is 0 Å². The minimum atomic E-state index is -0.430. The molecule has 0 saturated carbocycles. The lowest BCUT2D eigenvalue weighted by molar-refractivity contribution is -0.165. The molecule has 76 valence electrons. The number of carbonyl (C=O) groups excluding carboxylic acids is 1. The first-order valence-electron chi connectivity index (χ1n) is 3.91. The molecule has 0 heterocycles. The molecule has 1 aromatic rings. The monoisotopic (exact) mass is 233 g/mol. The Hall–Kier alpha value is -0.770. The summed E-state index contributed by atoms with van der Waals surface area (Å²) in [6.07, 6.45) is 0. The van der Waals surface area contributed by atoms with Crippen molar-refractivity contribution in [3.8, 4) is 0 Å². The van der Waals surface area contributed by atoms with E-state index in [1.54, 1.807) is 18.2 Å². The predicted molar refractivity (Wildman–Crippen MR) is 54.5 cm³/mol. The molecule has 0 unspecified atom stereocenters. The van der Waals surface area contributed by atoms with E-state index in [1.165, 1.54) is 6.92 Å². The lowest BCUT2D eigenvalue weighted by Crippen LogP contribution is -2.23. The summed E-state index contributed by atoms with van der Waals surface area (Å²) in [5.41, 5.74) is 0.681. The molecule has 3 nitrogen and oxygen atoms in total. The van der Waals surface area contributed by atoms with Gasteiger partial charge in [0.25, 0.3) is 0 Å². The molecule has 1 amide bonds. The number of hydroxylamine groups is 2. The van der Waals surface area contributed by atoms with Gasteiger partial charge >= 0.3 is 0 Å². The highest BCUT2D eigenvalue weighted by Crippen LogP contribution is 2.19. The van der Waals surface area contributed by atoms with Crippen LogP contribution in [0.25, 0.3) is 0 Å². The van der Waals surface area contributed by atoms with Gasteiger partial charge in [0, 0.05) is 17.0 Å². The molecule has 0 aliphatic rings. The van der Waals surface area contributed by atoms with Crippen LogP contribution in [0.2, 0.25) is 10.0 Å². The second kappa shape index (κ2) is 4.64. The largest absolute Gasteiger partial charge is 0.286 e.